The molecule has 1 aromatic rings. The Morgan fingerprint density at radius 2 is 2.29 bits per heavy atom. The van der Waals surface area contributed by atoms with Gasteiger partial charge in [-0.2, -0.15) is 0 Å². The summed E-state index contributed by atoms with van der Waals surface area (Å²) >= 11 is 0. The van der Waals surface area contributed by atoms with Gasteiger partial charge in [-0.15, -0.1) is 0 Å². The monoisotopic (exact) mass is 288 g/mol. The molecule has 0 aromatic heterocycles. The molecule has 1 heterocycles. The molecule has 1 aliphatic rings. The number of allylic oxidation sites excluding steroid dienone is 1. The summed E-state index contributed by atoms with van der Waals surface area (Å²) in [6, 6.07) is 7.55. The van der Waals surface area contributed by atoms with Gasteiger partial charge in [0.2, 0.25) is 5.91 Å². The number of carbonyl (C=O) groups is 2. The van der Waals surface area contributed by atoms with Crippen molar-refractivity contribution in [2.24, 2.45) is 0 Å². The predicted molar refractivity (Wildman–Crippen MR) is 81.0 cm³/mol. The summed E-state index contributed by atoms with van der Waals surface area (Å²) < 4.78 is 4.93. The first-order chi connectivity index (χ1) is 10.1. The van der Waals surface area contributed by atoms with E-state index in [0.29, 0.717) is 19.7 Å². The summed E-state index contributed by atoms with van der Waals surface area (Å²) in [7, 11) is 0. The number of ether oxygens (including phenoxy) is 1. The van der Waals surface area contributed by atoms with Gasteiger partial charge in [-0.1, -0.05) is 25.1 Å². The molecule has 5 nitrogen and oxygen atoms in total. The molecule has 0 aliphatic carbocycles. The smallest absolute Gasteiger partial charge is 0.414 e. The number of carbonyl (C=O) groups excluding carboxylic acids is 2. The van der Waals surface area contributed by atoms with Gasteiger partial charge in [-0.05, 0) is 31.0 Å². The van der Waals surface area contributed by atoms with Crippen molar-refractivity contribution >= 4 is 17.7 Å². The zero-order valence-electron chi connectivity index (χ0n) is 12.4. The minimum atomic E-state index is -0.321. The second-order valence-corrected chi connectivity index (χ2v) is 4.91. The van der Waals surface area contributed by atoms with Gasteiger partial charge in [-0.3, -0.25) is 9.69 Å². The van der Waals surface area contributed by atoms with Crippen molar-refractivity contribution in [3.63, 3.8) is 0 Å². The Labute approximate surface area is 124 Å². The lowest BCUT2D eigenvalue weighted by atomic mass is 10.1. The minimum absolute atomic E-state index is 0.0668. The molecule has 1 N–H and O–H groups in total. The Morgan fingerprint density at radius 3 is 2.95 bits per heavy atom. The van der Waals surface area contributed by atoms with Crippen LogP contribution in [0.2, 0.25) is 0 Å². The van der Waals surface area contributed by atoms with E-state index in [0.717, 1.165) is 23.2 Å². The molecule has 2 amide bonds. The van der Waals surface area contributed by atoms with Gasteiger partial charge >= 0.3 is 6.09 Å². The van der Waals surface area contributed by atoms with Gasteiger partial charge in [0.25, 0.3) is 0 Å². The Hall–Kier alpha value is -2.30. The molecule has 1 aliphatic heterocycles. The fraction of sp³-hybridized carbons (Fsp3) is 0.375. The van der Waals surface area contributed by atoms with Crippen LogP contribution in [-0.2, 0) is 16.1 Å². The summed E-state index contributed by atoms with van der Waals surface area (Å²) in [5.74, 6) is -0.0668. The van der Waals surface area contributed by atoms with Crippen LogP contribution in [-0.4, -0.2) is 25.2 Å². The SMILES string of the molecule is CC/C=C(\C)C(=O)NCc1cccc(N2CCOC2=O)c1. The number of nitrogens with zero attached hydrogens (tertiary/aromatic N) is 1. The van der Waals surface area contributed by atoms with Crippen LogP contribution < -0.4 is 10.2 Å². The summed E-state index contributed by atoms with van der Waals surface area (Å²) in [4.78, 5) is 25.0. The van der Waals surface area contributed by atoms with E-state index >= 15 is 0 Å². The van der Waals surface area contributed by atoms with Crippen LogP contribution in [0.1, 0.15) is 25.8 Å². The van der Waals surface area contributed by atoms with Crippen molar-refractivity contribution in [1.29, 1.82) is 0 Å². The Morgan fingerprint density at radius 1 is 1.48 bits per heavy atom. The third-order valence-electron chi connectivity index (χ3n) is 3.30. The molecular formula is C16H20N2O3. The fourth-order valence-electron chi connectivity index (χ4n) is 2.18. The van der Waals surface area contributed by atoms with Crippen molar-refractivity contribution in [2.75, 3.05) is 18.1 Å². The molecule has 0 bridgehead atoms. The Kier molecular flexibility index (Phi) is 4.98. The number of hydrogen-bond acceptors (Lipinski definition) is 3. The van der Waals surface area contributed by atoms with Crippen LogP contribution in [0, 0.1) is 0 Å². The lowest BCUT2D eigenvalue weighted by Crippen LogP contribution is -2.25. The van der Waals surface area contributed by atoms with Crippen LogP contribution in [0.25, 0.3) is 0 Å². The highest BCUT2D eigenvalue weighted by Gasteiger charge is 2.23. The van der Waals surface area contributed by atoms with E-state index in [1.807, 2.05) is 37.3 Å². The third-order valence-corrected chi connectivity index (χ3v) is 3.30. The summed E-state index contributed by atoms with van der Waals surface area (Å²) in [5.41, 5.74) is 2.46. The second kappa shape index (κ2) is 6.92. The number of anilines is 1. The first-order valence-corrected chi connectivity index (χ1v) is 7.10. The van der Waals surface area contributed by atoms with E-state index in [4.69, 9.17) is 4.74 Å². The van der Waals surface area contributed by atoms with Gasteiger partial charge in [-0.25, -0.2) is 4.79 Å². The molecule has 0 radical (unpaired) electrons. The molecule has 2 rings (SSSR count). The molecule has 0 unspecified atom stereocenters. The number of hydrogen-bond donors (Lipinski definition) is 1. The van der Waals surface area contributed by atoms with Gasteiger partial charge in [0, 0.05) is 17.8 Å². The number of amides is 2. The molecule has 112 valence electrons. The number of benzene rings is 1. The zero-order chi connectivity index (χ0) is 15.2. The van der Waals surface area contributed by atoms with Gasteiger partial charge in [0.1, 0.15) is 6.61 Å². The quantitative estimate of drug-likeness (QED) is 0.847. The first kappa shape index (κ1) is 15.1. The summed E-state index contributed by atoms with van der Waals surface area (Å²) in [6.07, 6.45) is 2.41. The van der Waals surface area contributed by atoms with Gasteiger partial charge in [0.05, 0.1) is 6.54 Å². The lowest BCUT2D eigenvalue weighted by Gasteiger charge is -2.14. The average molecular weight is 288 g/mol. The Balaban J connectivity index is 2.00. The van der Waals surface area contributed by atoms with Crippen molar-refractivity contribution < 1.29 is 14.3 Å². The van der Waals surface area contributed by atoms with E-state index in [9.17, 15) is 9.59 Å². The van der Waals surface area contributed by atoms with E-state index < -0.39 is 0 Å². The predicted octanol–water partition coefficient (Wildman–Crippen LogP) is 2.62. The molecule has 0 saturated carbocycles. The standard InChI is InChI=1S/C16H20N2O3/c1-3-5-12(2)15(19)17-11-13-6-4-7-14(10-13)18-8-9-21-16(18)20/h4-7,10H,3,8-9,11H2,1-2H3,(H,17,19)/b12-5+. The number of cyclic esters (lactones) is 1. The molecule has 5 heteroatoms. The minimum Gasteiger partial charge on any atom is -0.447 e. The van der Waals surface area contributed by atoms with Crippen LogP contribution in [0.5, 0.6) is 0 Å². The van der Waals surface area contributed by atoms with E-state index in [2.05, 4.69) is 5.32 Å². The second-order valence-electron chi connectivity index (χ2n) is 4.91. The van der Waals surface area contributed by atoms with Crippen LogP contribution >= 0.6 is 0 Å². The Bertz CT molecular complexity index is 566. The maximum atomic E-state index is 11.8. The van der Waals surface area contributed by atoms with Gasteiger partial charge < -0.3 is 10.1 Å². The molecular weight excluding hydrogens is 268 g/mol. The highest BCUT2D eigenvalue weighted by atomic mass is 16.6. The van der Waals surface area contributed by atoms with Crippen molar-refractivity contribution in [1.82, 2.24) is 5.32 Å². The highest BCUT2D eigenvalue weighted by molar-refractivity contribution is 5.92. The van der Waals surface area contributed by atoms with Crippen molar-refractivity contribution in [3.8, 4) is 0 Å². The van der Waals surface area contributed by atoms with Crippen LogP contribution in [0.15, 0.2) is 35.9 Å². The van der Waals surface area contributed by atoms with Crippen LogP contribution in [0.3, 0.4) is 0 Å². The average Bonchev–Trinajstić information content (AvgIpc) is 2.91. The summed E-state index contributed by atoms with van der Waals surface area (Å²) in [6.45, 7) is 5.21. The van der Waals surface area contributed by atoms with Crippen molar-refractivity contribution in [3.05, 3.63) is 41.5 Å². The molecule has 1 saturated heterocycles. The summed E-state index contributed by atoms with van der Waals surface area (Å²) in [5, 5.41) is 2.87. The number of nitrogens with one attached hydrogen (secondary N) is 1. The normalized spacial score (nSPS) is 15.0. The largest absolute Gasteiger partial charge is 0.447 e. The van der Waals surface area contributed by atoms with Gasteiger partial charge in [0.15, 0.2) is 0 Å². The van der Waals surface area contributed by atoms with E-state index in [-0.39, 0.29) is 12.0 Å². The molecule has 0 atom stereocenters. The third kappa shape index (κ3) is 3.84. The van der Waals surface area contributed by atoms with Crippen molar-refractivity contribution in [2.45, 2.75) is 26.8 Å². The molecule has 1 fully saturated rings. The highest BCUT2D eigenvalue weighted by Crippen LogP contribution is 2.19. The topological polar surface area (TPSA) is 58.6 Å². The first-order valence-electron chi connectivity index (χ1n) is 7.10. The molecule has 0 spiro atoms. The molecule has 21 heavy (non-hydrogen) atoms. The zero-order valence-corrected chi connectivity index (χ0v) is 12.4. The number of rotatable bonds is 5. The van der Waals surface area contributed by atoms with E-state index in [1.54, 1.807) is 11.8 Å². The lowest BCUT2D eigenvalue weighted by molar-refractivity contribution is -0.117. The van der Waals surface area contributed by atoms with E-state index in [1.165, 1.54) is 0 Å². The fourth-order valence-corrected chi connectivity index (χ4v) is 2.18. The maximum Gasteiger partial charge on any atom is 0.414 e. The maximum absolute atomic E-state index is 11.8. The molecule has 1 aromatic carbocycles. The van der Waals surface area contributed by atoms with Crippen LogP contribution in [0.4, 0.5) is 10.5 Å².